The summed E-state index contributed by atoms with van der Waals surface area (Å²) >= 11 is 1.61. The molecule has 6 nitrogen and oxygen atoms in total. The molecular formula is C17H21N5OS. The lowest BCUT2D eigenvalue weighted by molar-refractivity contribution is 0.254. The largest absolute Gasteiger partial charge is 0.496 e. The number of ether oxygens (including phenoxy) is 1. The number of nitrogens with two attached hydrogens (primary N) is 1. The molecule has 126 valence electrons. The predicted molar refractivity (Wildman–Crippen MR) is 97.0 cm³/mol. The Morgan fingerprint density at radius 3 is 2.88 bits per heavy atom. The highest BCUT2D eigenvalue weighted by Crippen LogP contribution is 2.37. The van der Waals surface area contributed by atoms with E-state index in [2.05, 4.69) is 35.9 Å². The van der Waals surface area contributed by atoms with E-state index in [0.717, 1.165) is 45.8 Å². The standard InChI is InChI=1S/C17H21N5OS/c1-11-4-5-12(14(6-11)23-3)13-7-19-15-22(13)20-16(24-15)21-9-17(2,8-18)10-21/h4-7H,8-10,18H2,1-3H3. The van der Waals surface area contributed by atoms with Gasteiger partial charge in [0.1, 0.15) is 5.75 Å². The van der Waals surface area contributed by atoms with Gasteiger partial charge < -0.3 is 15.4 Å². The van der Waals surface area contributed by atoms with Gasteiger partial charge >= 0.3 is 0 Å². The summed E-state index contributed by atoms with van der Waals surface area (Å²) in [7, 11) is 1.69. The van der Waals surface area contributed by atoms with Gasteiger partial charge in [0.25, 0.3) is 0 Å². The molecule has 0 spiro atoms. The van der Waals surface area contributed by atoms with Gasteiger partial charge in [-0.1, -0.05) is 24.3 Å². The Morgan fingerprint density at radius 1 is 1.38 bits per heavy atom. The van der Waals surface area contributed by atoms with Crippen LogP contribution in [0.4, 0.5) is 5.13 Å². The van der Waals surface area contributed by atoms with E-state index in [1.54, 1.807) is 18.4 Å². The molecule has 3 aromatic rings. The van der Waals surface area contributed by atoms with Crippen LogP contribution < -0.4 is 15.4 Å². The van der Waals surface area contributed by atoms with Crippen LogP contribution in [-0.4, -0.2) is 41.3 Å². The van der Waals surface area contributed by atoms with Crippen LogP contribution in [0.5, 0.6) is 5.75 Å². The Balaban J connectivity index is 1.71. The van der Waals surface area contributed by atoms with Crippen molar-refractivity contribution in [1.82, 2.24) is 14.6 Å². The van der Waals surface area contributed by atoms with E-state index in [1.165, 1.54) is 0 Å². The molecule has 0 amide bonds. The number of aryl methyl sites for hydroxylation is 1. The van der Waals surface area contributed by atoms with E-state index in [-0.39, 0.29) is 5.41 Å². The molecule has 0 saturated carbocycles. The van der Waals surface area contributed by atoms with Crippen LogP contribution in [0.2, 0.25) is 0 Å². The summed E-state index contributed by atoms with van der Waals surface area (Å²) in [4.78, 5) is 7.68. The Labute approximate surface area is 144 Å². The molecule has 0 aliphatic carbocycles. The minimum Gasteiger partial charge on any atom is -0.496 e. The highest BCUT2D eigenvalue weighted by atomic mass is 32.1. The van der Waals surface area contributed by atoms with Crippen molar-refractivity contribution in [1.29, 1.82) is 0 Å². The zero-order chi connectivity index (χ0) is 16.9. The predicted octanol–water partition coefficient (Wildman–Crippen LogP) is 2.56. The second-order valence-electron chi connectivity index (χ2n) is 6.80. The third-order valence-electron chi connectivity index (χ3n) is 4.62. The topological polar surface area (TPSA) is 68.7 Å². The lowest BCUT2D eigenvalue weighted by atomic mass is 9.83. The molecule has 1 aliphatic heterocycles. The molecule has 1 aliphatic rings. The van der Waals surface area contributed by atoms with E-state index < -0.39 is 0 Å². The number of benzene rings is 1. The fraction of sp³-hybridized carbons (Fsp3) is 0.412. The van der Waals surface area contributed by atoms with Gasteiger partial charge in [0.2, 0.25) is 10.1 Å². The Kier molecular flexibility index (Phi) is 3.51. The van der Waals surface area contributed by atoms with Crippen molar-refractivity contribution >= 4 is 21.4 Å². The number of imidazole rings is 1. The number of fused-ring (bicyclic) bond motifs is 1. The molecule has 0 bridgehead atoms. The van der Waals surface area contributed by atoms with Crippen LogP contribution in [0.3, 0.4) is 0 Å². The van der Waals surface area contributed by atoms with Crippen molar-refractivity contribution in [3.8, 4) is 17.0 Å². The Hall–Kier alpha value is -2.12. The molecule has 0 unspecified atom stereocenters. The maximum atomic E-state index is 5.83. The van der Waals surface area contributed by atoms with Gasteiger partial charge in [-0.2, -0.15) is 0 Å². The first-order valence-corrected chi connectivity index (χ1v) is 8.79. The summed E-state index contributed by atoms with van der Waals surface area (Å²) in [5.41, 5.74) is 9.15. The molecule has 2 N–H and O–H groups in total. The number of anilines is 1. The average molecular weight is 343 g/mol. The fourth-order valence-electron chi connectivity index (χ4n) is 3.14. The molecular weight excluding hydrogens is 322 g/mol. The zero-order valence-electron chi connectivity index (χ0n) is 14.1. The van der Waals surface area contributed by atoms with Gasteiger partial charge in [-0.15, -0.1) is 5.10 Å². The van der Waals surface area contributed by atoms with E-state index in [0.29, 0.717) is 6.54 Å². The maximum absolute atomic E-state index is 5.83. The second kappa shape index (κ2) is 5.46. The number of hydrogen-bond donors (Lipinski definition) is 1. The van der Waals surface area contributed by atoms with Crippen molar-refractivity contribution in [2.75, 3.05) is 31.6 Å². The average Bonchev–Trinajstić information content (AvgIpc) is 3.12. The molecule has 1 aromatic carbocycles. The summed E-state index contributed by atoms with van der Waals surface area (Å²) < 4.78 is 7.45. The SMILES string of the molecule is COc1cc(C)ccc1-c1cnc2sc(N3CC(C)(CN)C3)nn12. The highest BCUT2D eigenvalue weighted by Gasteiger charge is 2.39. The fourth-order valence-corrected chi connectivity index (χ4v) is 4.02. The smallest absolute Gasteiger partial charge is 0.214 e. The van der Waals surface area contributed by atoms with Crippen LogP contribution in [0.25, 0.3) is 16.2 Å². The molecule has 3 heterocycles. The third kappa shape index (κ3) is 2.35. The lowest BCUT2D eigenvalue weighted by Crippen LogP contribution is -2.58. The van der Waals surface area contributed by atoms with Gasteiger partial charge in [0.05, 0.1) is 19.0 Å². The number of hydrogen-bond acceptors (Lipinski definition) is 6. The number of nitrogens with zero attached hydrogens (tertiary/aromatic N) is 4. The van der Waals surface area contributed by atoms with E-state index in [9.17, 15) is 0 Å². The van der Waals surface area contributed by atoms with Crippen LogP contribution in [0, 0.1) is 12.3 Å². The highest BCUT2D eigenvalue weighted by molar-refractivity contribution is 7.20. The normalized spacial score (nSPS) is 16.4. The first-order chi connectivity index (χ1) is 11.5. The van der Waals surface area contributed by atoms with Gasteiger partial charge in [-0.05, 0) is 24.6 Å². The molecule has 1 fully saturated rings. The molecule has 0 radical (unpaired) electrons. The van der Waals surface area contributed by atoms with Crippen molar-refractivity contribution in [2.45, 2.75) is 13.8 Å². The van der Waals surface area contributed by atoms with Gasteiger partial charge in [0.15, 0.2) is 0 Å². The minimum atomic E-state index is 0.205. The Morgan fingerprint density at radius 2 is 2.17 bits per heavy atom. The summed E-state index contributed by atoms with van der Waals surface area (Å²) in [6, 6.07) is 6.17. The van der Waals surface area contributed by atoms with E-state index in [1.807, 2.05) is 16.8 Å². The van der Waals surface area contributed by atoms with Crippen molar-refractivity contribution < 1.29 is 4.74 Å². The molecule has 7 heteroatoms. The Bertz CT molecular complexity index is 894. The number of rotatable bonds is 4. The second-order valence-corrected chi connectivity index (χ2v) is 7.73. The van der Waals surface area contributed by atoms with Gasteiger partial charge in [-0.25, -0.2) is 9.50 Å². The third-order valence-corrected chi connectivity index (χ3v) is 5.60. The first-order valence-electron chi connectivity index (χ1n) is 7.97. The monoisotopic (exact) mass is 343 g/mol. The lowest BCUT2D eigenvalue weighted by Gasteiger charge is -2.47. The summed E-state index contributed by atoms with van der Waals surface area (Å²) in [5.74, 6) is 0.839. The van der Waals surface area contributed by atoms with Gasteiger partial charge in [0, 0.05) is 30.6 Å². The van der Waals surface area contributed by atoms with E-state index in [4.69, 9.17) is 15.6 Å². The number of methoxy groups -OCH3 is 1. The van der Waals surface area contributed by atoms with Crippen molar-refractivity contribution in [3.63, 3.8) is 0 Å². The molecule has 2 aromatic heterocycles. The van der Waals surface area contributed by atoms with Crippen LogP contribution in [0.1, 0.15) is 12.5 Å². The number of aromatic nitrogens is 3. The summed E-state index contributed by atoms with van der Waals surface area (Å²) in [6.07, 6.45) is 1.86. The minimum absolute atomic E-state index is 0.205. The molecule has 0 atom stereocenters. The summed E-state index contributed by atoms with van der Waals surface area (Å²) in [6.45, 7) is 6.87. The van der Waals surface area contributed by atoms with Gasteiger partial charge in [-0.3, -0.25) is 0 Å². The van der Waals surface area contributed by atoms with Crippen LogP contribution >= 0.6 is 11.3 Å². The maximum Gasteiger partial charge on any atom is 0.214 e. The molecule has 24 heavy (non-hydrogen) atoms. The first kappa shape index (κ1) is 15.4. The van der Waals surface area contributed by atoms with Crippen molar-refractivity contribution in [3.05, 3.63) is 30.0 Å². The molecule has 1 saturated heterocycles. The molecule has 4 rings (SSSR count). The van der Waals surface area contributed by atoms with Crippen LogP contribution in [0.15, 0.2) is 24.4 Å². The van der Waals surface area contributed by atoms with Crippen molar-refractivity contribution in [2.24, 2.45) is 11.1 Å². The zero-order valence-corrected chi connectivity index (χ0v) is 14.9. The quantitative estimate of drug-likeness (QED) is 0.788. The van der Waals surface area contributed by atoms with E-state index >= 15 is 0 Å². The summed E-state index contributed by atoms with van der Waals surface area (Å²) in [5, 5.41) is 5.77. The van der Waals surface area contributed by atoms with Crippen LogP contribution in [-0.2, 0) is 0 Å².